The molecule has 1 rings (SSSR count). The first-order valence-electron chi connectivity index (χ1n) is 1.68. The van der Waals surface area contributed by atoms with E-state index in [4.69, 9.17) is 0 Å². The largest absolute Gasteiger partial charge is 0.183 e. The second-order valence-electron chi connectivity index (χ2n) is 1.06. The van der Waals surface area contributed by atoms with Crippen LogP contribution in [0.1, 0.15) is 0 Å². The van der Waals surface area contributed by atoms with Crippen LogP contribution in [0.4, 0.5) is 0 Å². The van der Waals surface area contributed by atoms with Crippen LogP contribution in [0.2, 0.25) is 0 Å². The minimum Gasteiger partial charge on any atom is -0.183 e. The van der Waals surface area contributed by atoms with Crippen LogP contribution in [0.3, 0.4) is 0 Å². The highest BCUT2D eigenvalue weighted by molar-refractivity contribution is 14.1. The van der Waals surface area contributed by atoms with Gasteiger partial charge in [0.15, 0.2) is 0 Å². The second-order valence-corrected chi connectivity index (χ2v) is 5.19. The molecular formula is C3Br2INS. The predicted octanol–water partition coefficient (Wildman–Crippen LogP) is 3.27. The molecule has 0 radical (unpaired) electrons. The van der Waals surface area contributed by atoms with Crippen molar-refractivity contribution in [3.8, 4) is 0 Å². The zero-order valence-corrected chi connectivity index (χ0v) is 9.64. The molecule has 0 saturated carbocycles. The molecule has 0 N–H and O–H groups in total. The Morgan fingerprint density at radius 2 is 2.12 bits per heavy atom. The van der Waals surface area contributed by atoms with E-state index in [1.807, 2.05) is 0 Å². The van der Waals surface area contributed by atoms with Gasteiger partial charge in [0, 0.05) is 0 Å². The van der Waals surface area contributed by atoms with Gasteiger partial charge in [-0.15, -0.1) is 0 Å². The number of halogens is 3. The standard InChI is InChI=1S/C3Br2INS/c4-1-2(5)7-8-3(1)6. The van der Waals surface area contributed by atoms with E-state index in [1.165, 1.54) is 14.4 Å². The molecule has 0 spiro atoms. The first-order chi connectivity index (χ1) is 3.72. The highest BCUT2D eigenvalue weighted by atomic mass is 127. The average Bonchev–Trinajstić information content (AvgIpc) is 1.98. The molecule has 0 saturated heterocycles. The summed E-state index contributed by atoms with van der Waals surface area (Å²) < 4.78 is 7.15. The predicted molar refractivity (Wildman–Crippen MR) is 50.2 cm³/mol. The van der Waals surface area contributed by atoms with Gasteiger partial charge in [0.1, 0.15) is 7.49 Å². The lowest BCUT2D eigenvalue weighted by molar-refractivity contribution is 1.47. The molecule has 44 valence electrons. The number of hydrogen-bond donors (Lipinski definition) is 0. The van der Waals surface area contributed by atoms with Gasteiger partial charge < -0.3 is 0 Å². The van der Waals surface area contributed by atoms with Crippen LogP contribution in [0.15, 0.2) is 9.08 Å². The number of nitrogens with zero attached hydrogens (tertiary/aromatic N) is 1. The van der Waals surface area contributed by atoms with Gasteiger partial charge >= 0.3 is 0 Å². The van der Waals surface area contributed by atoms with E-state index in [1.54, 1.807) is 0 Å². The van der Waals surface area contributed by atoms with Gasteiger partial charge in [-0.05, 0) is 66.0 Å². The number of rotatable bonds is 0. The zero-order chi connectivity index (χ0) is 6.15. The fraction of sp³-hybridized carbons (Fsp3) is 0. The summed E-state index contributed by atoms with van der Waals surface area (Å²) in [7, 11) is 0. The minimum absolute atomic E-state index is 0.895. The second kappa shape index (κ2) is 2.94. The molecule has 0 bridgehead atoms. The van der Waals surface area contributed by atoms with Gasteiger partial charge in [0.25, 0.3) is 0 Å². The maximum Gasteiger partial charge on any atom is 0.135 e. The number of hydrogen-bond acceptors (Lipinski definition) is 2. The minimum atomic E-state index is 0.895. The molecule has 1 aromatic heterocycles. The fourth-order valence-electron chi connectivity index (χ4n) is 0.241. The van der Waals surface area contributed by atoms with Crippen molar-refractivity contribution in [1.29, 1.82) is 0 Å². The van der Waals surface area contributed by atoms with E-state index >= 15 is 0 Å². The average molecular weight is 369 g/mol. The Balaban J connectivity index is 3.19. The van der Waals surface area contributed by atoms with E-state index in [0.29, 0.717) is 0 Å². The van der Waals surface area contributed by atoms with Gasteiger partial charge in [0.2, 0.25) is 0 Å². The lowest BCUT2D eigenvalue weighted by Gasteiger charge is -1.77. The molecule has 0 aliphatic carbocycles. The molecular weight excluding hydrogens is 369 g/mol. The van der Waals surface area contributed by atoms with E-state index in [0.717, 1.165) is 9.08 Å². The summed E-state index contributed by atoms with van der Waals surface area (Å²) in [5.41, 5.74) is 0. The highest BCUT2D eigenvalue weighted by Gasteiger charge is 2.03. The molecule has 8 heavy (non-hydrogen) atoms. The van der Waals surface area contributed by atoms with Crippen molar-refractivity contribution in [1.82, 2.24) is 4.37 Å². The highest BCUT2D eigenvalue weighted by Crippen LogP contribution is 2.29. The third-order valence-electron chi connectivity index (χ3n) is 0.560. The maximum atomic E-state index is 4.02. The third kappa shape index (κ3) is 1.43. The van der Waals surface area contributed by atoms with Crippen molar-refractivity contribution >= 4 is 66.0 Å². The van der Waals surface area contributed by atoms with Crippen molar-refractivity contribution < 1.29 is 0 Å². The maximum absolute atomic E-state index is 4.02. The van der Waals surface area contributed by atoms with Crippen LogP contribution in [0.25, 0.3) is 0 Å². The van der Waals surface area contributed by atoms with Gasteiger partial charge in [-0.3, -0.25) is 0 Å². The summed E-state index contributed by atoms with van der Waals surface area (Å²) >= 11 is 10.3. The van der Waals surface area contributed by atoms with Crippen LogP contribution in [0, 0.1) is 2.88 Å². The van der Waals surface area contributed by atoms with Crippen molar-refractivity contribution in [2.45, 2.75) is 0 Å². The Morgan fingerprint density at radius 3 is 2.25 bits per heavy atom. The monoisotopic (exact) mass is 367 g/mol. The normalized spacial score (nSPS) is 9.88. The summed E-state index contributed by atoms with van der Waals surface area (Å²) in [4.78, 5) is 0. The molecule has 0 fully saturated rings. The van der Waals surface area contributed by atoms with Crippen LogP contribution in [-0.4, -0.2) is 4.37 Å². The van der Waals surface area contributed by atoms with Crippen molar-refractivity contribution in [2.24, 2.45) is 0 Å². The summed E-state index contributed by atoms with van der Waals surface area (Å²) in [5, 5.41) is 0. The molecule has 5 heteroatoms. The molecule has 1 nitrogen and oxygen atoms in total. The molecule has 1 heterocycles. The SMILES string of the molecule is Brc1nsc(I)c1Br. The Morgan fingerprint density at radius 1 is 1.50 bits per heavy atom. The van der Waals surface area contributed by atoms with Crippen LogP contribution >= 0.6 is 66.0 Å². The summed E-state index contributed by atoms with van der Waals surface area (Å²) in [5.74, 6) is 0. The molecule has 1 aromatic rings. The third-order valence-corrected chi connectivity index (χ3v) is 5.44. The van der Waals surface area contributed by atoms with Gasteiger partial charge in [-0.2, -0.15) is 4.37 Å². The molecule has 0 aliphatic heterocycles. The smallest absolute Gasteiger partial charge is 0.135 e. The zero-order valence-electron chi connectivity index (χ0n) is 3.49. The topological polar surface area (TPSA) is 12.9 Å². The first-order valence-corrected chi connectivity index (χ1v) is 5.12. The van der Waals surface area contributed by atoms with E-state index < -0.39 is 0 Å². The molecule has 0 atom stereocenters. The Kier molecular flexibility index (Phi) is 2.73. The van der Waals surface area contributed by atoms with Crippen LogP contribution < -0.4 is 0 Å². The van der Waals surface area contributed by atoms with Gasteiger partial charge in [0.05, 0.1) is 4.47 Å². The Labute approximate surface area is 81.4 Å². The van der Waals surface area contributed by atoms with E-state index in [-0.39, 0.29) is 0 Å². The molecule has 0 aliphatic rings. The Bertz CT molecular complexity index is 180. The van der Waals surface area contributed by atoms with Crippen molar-refractivity contribution in [2.75, 3.05) is 0 Å². The van der Waals surface area contributed by atoms with Crippen LogP contribution in [-0.2, 0) is 0 Å². The van der Waals surface area contributed by atoms with Crippen LogP contribution in [0.5, 0.6) is 0 Å². The van der Waals surface area contributed by atoms with Crippen molar-refractivity contribution in [3.63, 3.8) is 0 Å². The first kappa shape index (κ1) is 7.43. The lowest BCUT2D eigenvalue weighted by Crippen LogP contribution is -1.58. The summed E-state index contributed by atoms with van der Waals surface area (Å²) in [6, 6.07) is 0. The van der Waals surface area contributed by atoms with E-state index in [2.05, 4.69) is 58.8 Å². The molecule has 0 amide bonds. The summed E-state index contributed by atoms with van der Waals surface area (Å²) in [6.07, 6.45) is 0. The van der Waals surface area contributed by atoms with Crippen molar-refractivity contribution in [3.05, 3.63) is 12.0 Å². The lowest BCUT2D eigenvalue weighted by atomic mass is 10.8. The quantitative estimate of drug-likeness (QED) is 0.640. The molecule has 0 aromatic carbocycles. The van der Waals surface area contributed by atoms with E-state index in [9.17, 15) is 0 Å². The fourth-order valence-corrected chi connectivity index (χ4v) is 2.56. The number of aromatic nitrogens is 1. The Hall–Kier alpha value is 1.32. The molecule has 0 unspecified atom stereocenters. The summed E-state index contributed by atoms with van der Waals surface area (Å²) in [6.45, 7) is 0. The van der Waals surface area contributed by atoms with Gasteiger partial charge in [-0.25, -0.2) is 0 Å². The van der Waals surface area contributed by atoms with Gasteiger partial charge in [-0.1, -0.05) is 0 Å².